The number of fused-ring (bicyclic) bond motifs is 1. The molecule has 0 aromatic carbocycles. The number of nitrogens with zero attached hydrogens (tertiary/aromatic N) is 3. The maximum atomic E-state index is 6.21. The van der Waals surface area contributed by atoms with Crippen LogP contribution in [0.1, 0.15) is 10.7 Å². The Bertz CT molecular complexity index is 566. The molecule has 1 aliphatic rings. The van der Waals surface area contributed by atoms with Crippen LogP contribution >= 0.6 is 22.9 Å². The number of rotatable bonds is 2. The van der Waals surface area contributed by atoms with Gasteiger partial charge in [0.15, 0.2) is 0 Å². The van der Waals surface area contributed by atoms with E-state index >= 15 is 0 Å². The van der Waals surface area contributed by atoms with E-state index < -0.39 is 0 Å². The summed E-state index contributed by atoms with van der Waals surface area (Å²) in [5.41, 5.74) is 0. The van der Waals surface area contributed by atoms with E-state index in [0.29, 0.717) is 5.15 Å². The van der Waals surface area contributed by atoms with Gasteiger partial charge in [-0.1, -0.05) is 11.6 Å². The van der Waals surface area contributed by atoms with E-state index in [9.17, 15) is 0 Å². The molecule has 2 aromatic heterocycles. The van der Waals surface area contributed by atoms with E-state index in [2.05, 4.69) is 21.8 Å². The van der Waals surface area contributed by atoms with Crippen LogP contribution in [0.25, 0.3) is 10.2 Å². The molecule has 0 radical (unpaired) electrons. The normalized spacial score (nSPS) is 17.4. The van der Waals surface area contributed by atoms with Crippen molar-refractivity contribution in [3.63, 3.8) is 0 Å². The lowest BCUT2D eigenvalue weighted by atomic mass is 10.3. The molecule has 0 N–H and O–H groups in total. The van der Waals surface area contributed by atoms with E-state index in [1.807, 2.05) is 6.07 Å². The molecule has 0 atom stereocenters. The lowest BCUT2D eigenvalue weighted by Crippen LogP contribution is -2.36. The third-order valence-electron chi connectivity index (χ3n) is 2.98. The van der Waals surface area contributed by atoms with Crippen molar-refractivity contribution >= 4 is 33.2 Å². The van der Waals surface area contributed by atoms with Gasteiger partial charge >= 0.3 is 0 Å². The van der Waals surface area contributed by atoms with Gasteiger partial charge in [-0.2, -0.15) is 0 Å². The molecule has 0 unspecified atom stereocenters. The average Bonchev–Trinajstić information content (AvgIpc) is 2.72. The monoisotopic (exact) mass is 283 g/mol. The van der Waals surface area contributed by atoms with E-state index in [4.69, 9.17) is 16.3 Å². The highest BCUT2D eigenvalue weighted by atomic mass is 35.5. The van der Waals surface area contributed by atoms with Crippen molar-refractivity contribution < 1.29 is 4.74 Å². The second-order valence-electron chi connectivity index (χ2n) is 4.40. The van der Waals surface area contributed by atoms with Gasteiger partial charge in [-0.25, -0.2) is 9.97 Å². The number of aromatic nitrogens is 2. The Morgan fingerprint density at radius 3 is 2.94 bits per heavy atom. The second-order valence-corrected chi connectivity index (χ2v) is 5.99. The molecule has 0 aliphatic carbocycles. The van der Waals surface area contributed by atoms with Crippen LogP contribution in [0, 0.1) is 6.92 Å². The largest absolute Gasteiger partial charge is 0.379 e. The molecule has 1 saturated heterocycles. The highest BCUT2D eigenvalue weighted by Gasteiger charge is 2.14. The topological polar surface area (TPSA) is 38.2 Å². The zero-order valence-electron chi connectivity index (χ0n) is 10.1. The molecule has 1 aliphatic heterocycles. The number of hydrogen-bond acceptors (Lipinski definition) is 5. The van der Waals surface area contributed by atoms with Gasteiger partial charge in [-0.05, 0) is 13.0 Å². The molecule has 6 heteroatoms. The average molecular weight is 284 g/mol. The first-order valence-corrected chi connectivity index (χ1v) is 7.14. The van der Waals surface area contributed by atoms with E-state index in [0.717, 1.165) is 48.9 Å². The summed E-state index contributed by atoms with van der Waals surface area (Å²) in [5, 5.41) is 1.53. The molecule has 0 spiro atoms. The number of ether oxygens (including phenoxy) is 1. The van der Waals surface area contributed by atoms with Crippen LogP contribution in [0.3, 0.4) is 0 Å². The summed E-state index contributed by atoms with van der Waals surface area (Å²) >= 11 is 7.87. The molecule has 3 heterocycles. The van der Waals surface area contributed by atoms with Crippen LogP contribution in [0.5, 0.6) is 0 Å². The molecule has 4 nitrogen and oxygen atoms in total. The maximum Gasteiger partial charge on any atom is 0.145 e. The SMILES string of the molecule is Cc1cc2c(Cl)nc(CN3CCOCC3)nc2s1. The van der Waals surface area contributed by atoms with Crippen molar-refractivity contribution in [3.8, 4) is 0 Å². The third kappa shape index (κ3) is 2.49. The highest BCUT2D eigenvalue weighted by Crippen LogP contribution is 2.28. The molecule has 0 bridgehead atoms. The summed E-state index contributed by atoms with van der Waals surface area (Å²) in [6, 6.07) is 2.04. The fourth-order valence-electron chi connectivity index (χ4n) is 2.08. The first-order chi connectivity index (χ1) is 8.72. The zero-order valence-corrected chi connectivity index (χ0v) is 11.7. The van der Waals surface area contributed by atoms with Crippen LogP contribution < -0.4 is 0 Å². The summed E-state index contributed by atoms with van der Waals surface area (Å²) in [6.45, 7) is 6.24. The van der Waals surface area contributed by atoms with Crippen LogP contribution in [-0.2, 0) is 11.3 Å². The predicted octanol–water partition coefficient (Wildman–Crippen LogP) is 2.49. The molecule has 0 amide bonds. The van der Waals surface area contributed by atoms with Gasteiger partial charge in [0.2, 0.25) is 0 Å². The summed E-state index contributed by atoms with van der Waals surface area (Å²) < 4.78 is 5.33. The minimum atomic E-state index is 0.563. The second kappa shape index (κ2) is 5.09. The van der Waals surface area contributed by atoms with Gasteiger partial charge in [0.25, 0.3) is 0 Å². The van der Waals surface area contributed by atoms with Crippen LogP contribution in [-0.4, -0.2) is 41.2 Å². The minimum absolute atomic E-state index is 0.563. The molecule has 96 valence electrons. The molecule has 0 saturated carbocycles. The number of morpholine rings is 1. The molecule has 18 heavy (non-hydrogen) atoms. The van der Waals surface area contributed by atoms with Crippen molar-refractivity contribution in [2.24, 2.45) is 0 Å². The van der Waals surface area contributed by atoms with Gasteiger partial charge in [-0.3, -0.25) is 4.90 Å². The Morgan fingerprint density at radius 2 is 2.17 bits per heavy atom. The summed E-state index contributed by atoms with van der Waals surface area (Å²) in [5.74, 6) is 0.802. The zero-order chi connectivity index (χ0) is 12.5. The van der Waals surface area contributed by atoms with Gasteiger partial charge in [0, 0.05) is 23.4 Å². The number of aryl methyl sites for hydroxylation is 1. The first-order valence-electron chi connectivity index (χ1n) is 5.95. The fraction of sp³-hybridized carbons (Fsp3) is 0.500. The maximum absolute atomic E-state index is 6.21. The Morgan fingerprint density at radius 1 is 1.39 bits per heavy atom. The van der Waals surface area contributed by atoms with Gasteiger partial charge in [-0.15, -0.1) is 11.3 Å². The minimum Gasteiger partial charge on any atom is -0.379 e. The molecular weight excluding hydrogens is 270 g/mol. The lowest BCUT2D eigenvalue weighted by Gasteiger charge is -2.25. The number of hydrogen-bond donors (Lipinski definition) is 0. The van der Waals surface area contributed by atoms with E-state index in [1.165, 1.54) is 4.88 Å². The van der Waals surface area contributed by atoms with E-state index in [-0.39, 0.29) is 0 Å². The summed E-state index contributed by atoms with van der Waals surface area (Å²) in [7, 11) is 0. The van der Waals surface area contributed by atoms with Crippen molar-refractivity contribution in [2.75, 3.05) is 26.3 Å². The van der Waals surface area contributed by atoms with Crippen molar-refractivity contribution in [1.29, 1.82) is 0 Å². The third-order valence-corrected chi connectivity index (χ3v) is 4.22. The smallest absolute Gasteiger partial charge is 0.145 e. The quantitative estimate of drug-likeness (QED) is 0.794. The highest BCUT2D eigenvalue weighted by molar-refractivity contribution is 7.18. The Kier molecular flexibility index (Phi) is 3.48. The first kappa shape index (κ1) is 12.3. The van der Waals surface area contributed by atoms with Crippen molar-refractivity contribution in [3.05, 3.63) is 21.9 Å². The van der Waals surface area contributed by atoms with Crippen molar-refractivity contribution in [2.45, 2.75) is 13.5 Å². The summed E-state index contributed by atoms with van der Waals surface area (Å²) in [4.78, 5) is 13.5. The van der Waals surface area contributed by atoms with Crippen molar-refractivity contribution in [1.82, 2.24) is 14.9 Å². The predicted molar refractivity (Wildman–Crippen MR) is 73.3 cm³/mol. The number of halogens is 1. The summed E-state index contributed by atoms with van der Waals surface area (Å²) in [6.07, 6.45) is 0. The van der Waals surface area contributed by atoms with Gasteiger partial charge in [0.1, 0.15) is 15.8 Å². The van der Waals surface area contributed by atoms with E-state index in [1.54, 1.807) is 11.3 Å². The molecule has 3 rings (SSSR count). The number of thiophene rings is 1. The molecule has 1 fully saturated rings. The Labute approximate surface area is 115 Å². The van der Waals surface area contributed by atoms with Crippen LogP contribution in [0.15, 0.2) is 6.07 Å². The lowest BCUT2D eigenvalue weighted by molar-refractivity contribution is 0.0331. The Balaban J connectivity index is 1.87. The van der Waals surface area contributed by atoms with Gasteiger partial charge in [0.05, 0.1) is 19.8 Å². The Hall–Kier alpha value is -0.750. The molecular formula is C12H14ClN3OS. The fourth-order valence-corrected chi connectivity index (χ4v) is 3.27. The molecule has 2 aromatic rings. The van der Waals surface area contributed by atoms with Gasteiger partial charge < -0.3 is 4.74 Å². The van der Waals surface area contributed by atoms with Crippen LogP contribution in [0.4, 0.5) is 0 Å². The van der Waals surface area contributed by atoms with Crippen LogP contribution in [0.2, 0.25) is 5.15 Å². The standard InChI is InChI=1S/C12H14ClN3OS/c1-8-6-9-11(13)14-10(15-12(9)18-8)7-16-2-4-17-5-3-16/h6H,2-5,7H2,1H3.